The maximum Gasteiger partial charge on any atom is 0.182 e. The van der Waals surface area contributed by atoms with Crippen LogP contribution in [-0.4, -0.2) is 33.4 Å². The maximum absolute atomic E-state index is 5.91. The van der Waals surface area contributed by atoms with E-state index in [1.54, 1.807) is 0 Å². The van der Waals surface area contributed by atoms with Gasteiger partial charge in [0.15, 0.2) is 5.82 Å². The topological polar surface area (TPSA) is 78.9 Å². The maximum atomic E-state index is 5.91. The molecule has 0 saturated carbocycles. The van der Waals surface area contributed by atoms with Crippen molar-refractivity contribution in [1.82, 2.24) is 20.2 Å². The minimum Gasteiger partial charge on any atom is -0.399 e. The van der Waals surface area contributed by atoms with Crippen LogP contribution >= 0.6 is 0 Å². The second-order valence-corrected chi connectivity index (χ2v) is 5.71. The molecule has 1 unspecified atom stereocenters. The molecule has 2 N–H and O–H groups in total. The molecule has 0 aliphatic carbocycles. The van der Waals surface area contributed by atoms with Crippen molar-refractivity contribution in [2.45, 2.75) is 32.7 Å². The predicted molar refractivity (Wildman–Crippen MR) is 80.7 cm³/mol. The van der Waals surface area contributed by atoms with Gasteiger partial charge in [-0.15, -0.1) is 5.10 Å². The normalized spacial score (nSPS) is 17.8. The van der Waals surface area contributed by atoms with Gasteiger partial charge in [-0.2, -0.15) is 0 Å². The van der Waals surface area contributed by atoms with Crippen molar-refractivity contribution < 1.29 is 4.74 Å². The molecule has 3 rings (SSSR count). The molecule has 0 bridgehead atoms. The summed E-state index contributed by atoms with van der Waals surface area (Å²) in [5.41, 5.74) is 8.76. The van der Waals surface area contributed by atoms with E-state index in [0.717, 1.165) is 48.7 Å². The molecule has 6 nitrogen and oxygen atoms in total. The van der Waals surface area contributed by atoms with Gasteiger partial charge in [0.1, 0.15) is 0 Å². The number of ether oxygens (including phenoxy) is 1. The Kier molecular flexibility index (Phi) is 3.88. The Bertz CT molecular complexity index is 618. The van der Waals surface area contributed by atoms with Crippen molar-refractivity contribution in [3.63, 3.8) is 0 Å². The average Bonchev–Trinajstić information content (AvgIpc) is 2.99. The molecule has 6 heteroatoms. The number of tetrazole rings is 1. The van der Waals surface area contributed by atoms with E-state index in [2.05, 4.69) is 22.4 Å². The minimum atomic E-state index is 0.250. The van der Waals surface area contributed by atoms with Crippen molar-refractivity contribution in [2.24, 2.45) is 5.92 Å². The Hall–Kier alpha value is -1.95. The second kappa shape index (κ2) is 5.81. The molecule has 1 aromatic heterocycles. The highest BCUT2D eigenvalue weighted by molar-refractivity contribution is 5.65. The fraction of sp³-hybridized carbons (Fsp3) is 0.533. The van der Waals surface area contributed by atoms with Gasteiger partial charge in [-0.05, 0) is 60.7 Å². The van der Waals surface area contributed by atoms with Crippen molar-refractivity contribution in [1.29, 1.82) is 0 Å². The highest BCUT2D eigenvalue weighted by Crippen LogP contribution is 2.31. The van der Waals surface area contributed by atoms with Crippen LogP contribution in [0, 0.1) is 12.8 Å². The molecule has 0 spiro atoms. The molecule has 1 atom stereocenters. The van der Waals surface area contributed by atoms with Crippen LogP contribution in [0.5, 0.6) is 0 Å². The van der Waals surface area contributed by atoms with Crippen molar-refractivity contribution >= 4 is 5.69 Å². The Morgan fingerprint density at radius 3 is 2.86 bits per heavy atom. The molecule has 2 heterocycles. The highest BCUT2D eigenvalue weighted by atomic mass is 16.5. The van der Waals surface area contributed by atoms with Gasteiger partial charge in [-0.25, -0.2) is 4.68 Å². The number of hydrogen-bond donors (Lipinski definition) is 1. The molecule has 1 aliphatic rings. The molecule has 0 amide bonds. The quantitative estimate of drug-likeness (QED) is 0.876. The number of nitrogen functional groups attached to an aromatic ring is 1. The zero-order valence-electron chi connectivity index (χ0n) is 12.5. The lowest BCUT2D eigenvalue weighted by Crippen LogP contribution is -2.25. The smallest absolute Gasteiger partial charge is 0.182 e. The number of rotatable bonds is 3. The van der Waals surface area contributed by atoms with E-state index in [-0.39, 0.29) is 6.04 Å². The first-order valence-corrected chi connectivity index (χ1v) is 7.39. The zero-order chi connectivity index (χ0) is 14.8. The summed E-state index contributed by atoms with van der Waals surface area (Å²) in [5, 5.41) is 12.3. The number of nitrogens with zero attached hydrogens (tertiary/aromatic N) is 4. The van der Waals surface area contributed by atoms with E-state index in [1.165, 1.54) is 0 Å². The summed E-state index contributed by atoms with van der Waals surface area (Å²) in [6.45, 7) is 5.87. The molecular formula is C15H21N5O. The van der Waals surface area contributed by atoms with Gasteiger partial charge in [0, 0.05) is 24.5 Å². The van der Waals surface area contributed by atoms with E-state index in [0.29, 0.717) is 5.92 Å². The van der Waals surface area contributed by atoms with Crippen LogP contribution in [0.3, 0.4) is 0 Å². The fourth-order valence-corrected chi connectivity index (χ4v) is 2.92. The van der Waals surface area contributed by atoms with Gasteiger partial charge in [-0.1, -0.05) is 6.07 Å². The van der Waals surface area contributed by atoms with Gasteiger partial charge >= 0.3 is 0 Å². The first-order chi connectivity index (χ1) is 10.2. The van der Waals surface area contributed by atoms with Gasteiger partial charge in [0.05, 0.1) is 6.04 Å². The second-order valence-electron chi connectivity index (χ2n) is 5.71. The summed E-state index contributed by atoms with van der Waals surface area (Å²) in [6, 6.07) is 6.09. The molecule has 1 fully saturated rings. The van der Waals surface area contributed by atoms with Gasteiger partial charge < -0.3 is 10.5 Å². The van der Waals surface area contributed by atoms with Crippen LogP contribution in [0.15, 0.2) is 18.2 Å². The number of aromatic nitrogens is 4. The van der Waals surface area contributed by atoms with Crippen LogP contribution in [0.4, 0.5) is 5.69 Å². The Morgan fingerprint density at radius 1 is 1.33 bits per heavy atom. The largest absolute Gasteiger partial charge is 0.399 e. The lowest BCUT2D eigenvalue weighted by molar-refractivity contribution is 0.0495. The number of aryl methyl sites for hydroxylation is 1. The van der Waals surface area contributed by atoms with Crippen LogP contribution in [-0.2, 0) is 4.74 Å². The fourth-order valence-electron chi connectivity index (χ4n) is 2.92. The third-order valence-electron chi connectivity index (χ3n) is 4.33. The van der Waals surface area contributed by atoms with E-state index in [9.17, 15) is 0 Å². The van der Waals surface area contributed by atoms with Crippen LogP contribution in [0.25, 0.3) is 11.4 Å². The Balaban J connectivity index is 1.94. The summed E-state index contributed by atoms with van der Waals surface area (Å²) in [5.74, 6) is 1.33. The first kappa shape index (κ1) is 14.0. The SMILES string of the molecule is Cc1ccc(N)cc1-c1nnnn1C(C)C1CCOCC1. The van der Waals surface area contributed by atoms with Gasteiger partial charge in [-0.3, -0.25) is 0 Å². The molecule has 1 aromatic carbocycles. The number of hydrogen-bond acceptors (Lipinski definition) is 5. The first-order valence-electron chi connectivity index (χ1n) is 7.39. The van der Waals surface area contributed by atoms with Gasteiger partial charge in [0.25, 0.3) is 0 Å². The lowest BCUT2D eigenvalue weighted by atomic mass is 9.93. The van der Waals surface area contributed by atoms with Crippen LogP contribution < -0.4 is 5.73 Å². The Morgan fingerprint density at radius 2 is 2.10 bits per heavy atom. The highest BCUT2D eigenvalue weighted by Gasteiger charge is 2.25. The van der Waals surface area contributed by atoms with E-state index < -0.39 is 0 Å². The molecule has 0 radical (unpaired) electrons. The van der Waals surface area contributed by atoms with E-state index in [1.807, 2.05) is 29.8 Å². The molecule has 1 saturated heterocycles. The monoisotopic (exact) mass is 287 g/mol. The zero-order valence-corrected chi connectivity index (χ0v) is 12.5. The summed E-state index contributed by atoms with van der Waals surface area (Å²) in [6.07, 6.45) is 2.10. The van der Waals surface area contributed by atoms with Crippen LogP contribution in [0.2, 0.25) is 0 Å². The van der Waals surface area contributed by atoms with E-state index in [4.69, 9.17) is 10.5 Å². The third kappa shape index (κ3) is 2.76. The van der Waals surface area contributed by atoms with Gasteiger partial charge in [0.2, 0.25) is 0 Å². The Labute approximate surface area is 124 Å². The predicted octanol–water partition coefficient (Wildman–Crippen LogP) is 2.22. The molecular weight excluding hydrogens is 266 g/mol. The summed E-state index contributed by atoms with van der Waals surface area (Å²) in [4.78, 5) is 0. The number of nitrogens with two attached hydrogens (primary N) is 1. The number of benzene rings is 1. The minimum absolute atomic E-state index is 0.250. The van der Waals surface area contributed by atoms with Crippen molar-refractivity contribution in [2.75, 3.05) is 18.9 Å². The standard InChI is InChI=1S/C15H21N5O/c1-10-3-4-13(16)9-14(10)15-17-18-19-20(15)11(2)12-5-7-21-8-6-12/h3-4,9,11-12H,5-8,16H2,1-2H3. The number of anilines is 1. The van der Waals surface area contributed by atoms with E-state index >= 15 is 0 Å². The van der Waals surface area contributed by atoms with Crippen LogP contribution in [0.1, 0.15) is 31.4 Å². The van der Waals surface area contributed by atoms with Crippen molar-refractivity contribution in [3.8, 4) is 11.4 Å². The molecule has 1 aliphatic heterocycles. The summed E-state index contributed by atoms with van der Waals surface area (Å²) >= 11 is 0. The third-order valence-corrected chi connectivity index (χ3v) is 4.33. The van der Waals surface area contributed by atoms with Crippen molar-refractivity contribution in [3.05, 3.63) is 23.8 Å². The average molecular weight is 287 g/mol. The lowest BCUT2D eigenvalue weighted by Gasteiger charge is -2.28. The summed E-state index contributed by atoms with van der Waals surface area (Å²) < 4.78 is 7.37. The molecule has 2 aromatic rings. The molecule has 112 valence electrons. The summed E-state index contributed by atoms with van der Waals surface area (Å²) in [7, 11) is 0. The molecule has 21 heavy (non-hydrogen) atoms.